The largest absolute Gasteiger partial charge is 0.350 e. The van der Waals surface area contributed by atoms with Crippen molar-refractivity contribution in [1.29, 1.82) is 5.26 Å². The predicted molar refractivity (Wildman–Crippen MR) is 110 cm³/mol. The van der Waals surface area contributed by atoms with E-state index in [2.05, 4.69) is 15.3 Å². The smallest absolute Gasteiger partial charge is 0.267 e. The summed E-state index contributed by atoms with van der Waals surface area (Å²) in [5.41, 5.74) is 2.09. The maximum absolute atomic E-state index is 12.8. The Bertz CT molecular complexity index is 1350. The summed E-state index contributed by atoms with van der Waals surface area (Å²) in [5.74, 6) is -0.272. The Balaban J connectivity index is 1.48. The van der Waals surface area contributed by atoms with Crippen LogP contribution in [0.3, 0.4) is 0 Å². The van der Waals surface area contributed by atoms with Gasteiger partial charge in [-0.25, -0.2) is 8.42 Å². The van der Waals surface area contributed by atoms with E-state index in [0.717, 1.165) is 16.5 Å². The molecule has 30 heavy (non-hydrogen) atoms. The van der Waals surface area contributed by atoms with Crippen molar-refractivity contribution in [2.24, 2.45) is 0 Å². The highest BCUT2D eigenvalue weighted by molar-refractivity contribution is 7.91. The second-order valence-corrected chi connectivity index (χ2v) is 8.50. The van der Waals surface area contributed by atoms with Gasteiger partial charge in [-0.1, -0.05) is 24.3 Å². The molecule has 2 aromatic carbocycles. The van der Waals surface area contributed by atoms with Crippen LogP contribution in [0, 0.1) is 11.3 Å². The van der Waals surface area contributed by atoms with Crippen molar-refractivity contribution >= 4 is 26.6 Å². The third-order valence-electron chi connectivity index (χ3n) is 4.65. The van der Waals surface area contributed by atoms with Crippen molar-refractivity contribution in [3.05, 3.63) is 89.9 Å². The molecular weight excluding hydrogens is 400 g/mol. The Labute approximate surface area is 172 Å². The summed E-state index contributed by atoms with van der Waals surface area (Å²) in [5, 5.41) is 12.8. The number of amides is 1. The van der Waals surface area contributed by atoms with Crippen LogP contribution in [0.1, 0.15) is 21.6 Å². The third kappa shape index (κ3) is 3.66. The summed E-state index contributed by atoms with van der Waals surface area (Å²) in [6.07, 6.45) is 3.32. The molecule has 0 saturated carbocycles. The van der Waals surface area contributed by atoms with Crippen LogP contribution < -0.4 is 5.32 Å². The summed E-state index contributed by atoms with van der Waals surface area (Å²) < 4.78 is 25.7. The maximum Gasteiger partial charge on any atom is 0.267 e. The van der Waals surface area contributed by atoms with Crippen LogP contribution in [-0.4, -0.2) is 24.3 Å². The number of carbonyl (C=O) groups is 1. The van der Waals surface area contributed by atoms with Gasteiger partial charge in [0.05, 0.1) is 15.4 Å². The molecule has 0 aliphatic heterocycles. The number of rotatable bonds is 5. The molecule has 0 aliphatic carbocycles. The second kappa shape index (κ2) is 7.81. The van der Waals surface area contributed by atoms with E-state index in [1.165, 1.54) is 24.3 Å². The highest BCUT2D eigenvalue weighted by Crippen LogP contribution is 2.24. The monoisotopic (exact) mass is 416 g/mol. The number of nitriles is 1. The molecule has 0 spiro atoms. The molecule has 4 rings (SSSR count). The van der Waals surface area contributed by atoms with E-state index in [4.69, 9.17) is 0 Å². The molecule has 2 N–H and O–H groups in total. The Morgan fingerprint density at radius 3 is 2.60 bits per heavy atom. The molecule has 0 saturated heterocycles. The fourth-order valence-electron chi connectivity index (χ4n) is 3.08. The van der Waals surface area contributed by atoms with Crippen molar-refractivity contribution in [3.8, 4) is 6.07 Å². The Morgan fingerprint density at radius 1 is 1.10 bits per heavy atom. The predicted octanol–water partition coefficient (Wildman–Crippen LogP) is 3.20. The number of sulfone groups is 1. The normalized spacial score (nSPS) is 11.2. The van der Waals surface area contributed by atoms with Crippen LogP contribution in [0.2, 0.25) is 0 Å². The van der Waals surface area contributed by atoms with Crippen molar-refractivity contribution < 1.29 is 13.2 Å². The first-order valence-electron chi connectivity index (χ1n) is 9.03. The first-order chi connectivity index (χ1) is 14.5. The zero-order valence-electron chi connectivity index (χ0n) is 15.7. The molecule has 2 heterocycles. The fraction of sp³-hybridized carbons (Fsp3) is 0.0455. The van der Waals surface area contributed by atoms with Gasteiger partial charge >= 0.3 is 0 Å². The molecule has 0 fully saturated rings. The molecule has 0 radical (unpaired) electrons. The van der Waals surface area contributed by atoms with Crippen LogP contribution in [0.25, 0.3) is 10.9 Å². The summed E-state index contributed by atoms with van der Waals surface area (Å²) in [7, 11) is -3.81. The van der Waals surface area contributed by atoms with E-state index in [1.807, 2.05) is 6.07 Å². The quantitative estimate of drug-likeness (QED) is 0.518. The molecule has 4 aromatic rings. The van der Waals surface area contributed by atoms with Gasteiger partial charge in [-0.2, -0.15) is 5.26 Å². The lowest BCUT2D eigenvalue weighted by Gasteiger charge is -2.08. The van der Waals surface area contributed by atoms with Gasteiger partial charge in [-0.05, 0) is 42.0 Å². The highest BCUT2D eigenvalue weighted by atomic mass is 32.2. The first kappa shape index (κ1) is 19.4. The van der Waals surface area contributed by atoms with Gasteiger partial charge in [0.1, 0.15) is 11.8 Å². The van der Waals surface area contributed by atoms with Crippen molar-refractivity contribution in [1.82, 2.24) is 15.3 Å². The number of hydrogen-bond donors (Lipinski definition) is 2. The number of nitrogens with zero attached hydrogens (tertiary/aromatic N) is 2. The van der Waals surface area contributed by atoms with Gasteiger partial charge < -0.3 is 10.3 Å². The lowest BCUT2D eigenvalue weighted by molar-refractivity contribution is 0.0946. The van der Waals surface area contributed by atoms with Gasteiger partial charge in [0.2, 0.25) is 9.84 Å². The lowest BCUT2D eigenvalue weighted by atomic mass is 10.2. The van der Waals surface area contributed by atoms with E-state index in [1.54, 1.807) is 48.8 Å². The van der Waals surface area contributed by atoms with E-state index in [0.29, 0.717) is 5.69 Å². The molecule has 0 aliphatic rings. The molecule has 0 unspecified atom stereocenters. The highest BCUT2D eigenvalue weighted by Gasteiger charge is 2.21. The molecule has 2 aromatic heterocycles. The van der Waals surface area contributed by atoms with Crippen molar-refractivity contribution in [3.63, 3.8) is 0 Å². The number of carbonyl (C=O) groups excluding carboxylic acids is 1. The van der Waals surface area contributed by atoms with Gasteiger partial charge in [0.15, 0.2) is 0 Å². The minimum Gasteiger partial charge on any atom is -0.350 e. The molecule has 0 atom stereocenters. The van der Waals surface area contributed by atoms with E-state index in [-0.39, 0.29) is 27.8 Å². The number of nitrogens with one attached hydrogen (secondary N) is 2. The Kier molecular flexibility index (Phi) is 5.04. The van der Waals surface area contributed by atoms with Crippen molar-refractivity contribution in [2.75, 3.05) is 0 Å². The van der Waals surface area contributed by atoms with Gasteiger partial charge in [0.25, 0.3) is 5.91 Å². The minimum absolute atomic E-state index is 0.0261. The van der Waals surface area contributed by atoms with E-state index in [9.17, 15) is 18.5 Å². The summed E-state index contributed by atoms with van der Waals surface area (Å²) in [6.45, 7) is 0.238. The summed E-state index contributed by atoms with van der Waals surface area (Å²) in [6, 6.07) is 17.7. The Morgan fingerprint density at radius 2 is 1.87 bits per heavy atom. The average molecular weight is 416 g/mol. The third-order valence-corrected chi connectivity index (χ3v) is 6.48. The van der Waals surface area contributed by atoms with Crippen LogP contribution in [0.4, 0.5) is 0 Å². The first-order valence-corrected chi connectivity index (χ1v) is 10.5. The maximum atomic E-state index is 12.8. The molecule has 8 heteroatoms. The Hall–Kier alpha value is -3.96. The van der Waals surface area contributed by atoms with E-state index >= 15 is 0 Å². The molecule has 1 amide bonds. The number of hydrogen-bond acceptors (Lipinski definition) is 5. The average Bonchev–Trinajstić information content (AvgIpc) is 3.22. The molecule has 7 nitrogen and oxygen atoms in total. The lowest BCUT2D eigenvalue weighted by Crippen LogP contribution is -2.23. The van der Waals surface area contributed by atoms with Gasteiger partial charge in [-0.15, -0.1) is 0 Å². The summed E-state index contributed by atoms with van der Waals surface area (Å²) >= 11 is 0. The minimum atomic E-state index is -3.81. The zero-order chi connectivity index (χ0) is 21.1. The van der Waals surface area contributed by atoms with Crippen molar-refractivity contribution in [2.45, 2.75) is 16.3 Å². The number of fused-ring (bicyclic) bond motifs is 1. The zero-order valence-corrected chi connectivity index (χ0v) is 16.5. The number of aromatic amines is 1. The van der Waals surface area contributed by atoms with Crippen LogP contribution in [0.15, 0.2) is 82.8 Å². The standard InChI is InChI=1S/C22H16N4O3S/c23-12-16-3-1-2-4-21(16)30(28,29)18-7-5-15(6-8-18)13-25-22(27)20-11-17-14-24-10-9-19(17)26-20/h1-11,14,26H,13H2,(H,25,27). The van der Waals surface area contributed by atoms with Crippen LogP contribution in [-0.2, 0) is 16.4 Å². The van der Waals surface area contributed by atoms with E-state index < -0.39 is 9.84 Å². The molecule has 148 valence electrons. The van der Waals surface area contributed by atoms with Gasteiger partial charge in [0, 0.05) is 29.8 Å². The number of aromatic nitrogens is 2. The molecular formula is C22H16N4O3S. The number of benzene rings is 2. The van der Waals surface area contributed by atoms with Gasteiger partial charge in [-0.3, -0.25) is 9.78 Å². The fourth-order valence-corrected chi connectivity index (χ4v) is 4.49. The molecule has 0 bridgehead atoms. The second-order valence-electron chi connectivity index (χ2n) is 6.58. The van der Waals surface area contributed by atoms with Crippen LogP contribution >= 0.6 is 0 Å². The SMILES string of the molecule is N#Cc1ccccc1S(=O)(=O)c1ccc(CNC(=O)c2cc3cnccc3[nH]2)cc1. The number of H-pyrrole nitrogens is 1. The topological polar surface area (TPSA) is 116 Å². The number of pyridine rings is 1. The van der Waals surface area contributed by atoms with Crippen LogP contribution in [0.5, 0.6) is 0 Å². The summed E-state index contributed by atoms with van der Waals surface area (Å²) in [4.78, 5) is 19.5.